The normalized spacial score (nSPS) is 16.4. The molecular weight excluding hydrogens is 728 g/mol. The van der Waals surface area contributed by atoms with E-state index in [0.29, 0.717) is 0 Å². The molecule has 57 heavy (non-hydrogen) atoms. The van der Waals surface area contributed by atoms with E-state index in [1.165, 1.54) is 32.3 Å². The summed E-state index contributed by atoms with van der Waals surface area (Å²) in [4.78, 5) is 61.1. The fourth-order valence-electron chi connectivity index (χ4n) is 6.89. The number of alkyl carbamates (subject to hydrolysis) is 1. The summed E-state index contributed by atoms with van der Waals surface area (Å²) in [7, 11) is 0. The standard InChI is InChI=1S/C44H55FN6O6/c1-30(32-18-13-24-50(25-23-32)35-21-19-34(45)20-22-35)39(52)38(33-16-11-8-12-17-33)51-26-37(46-29-51)48-40(53)36(28-56-27-31-14-9-7-10-15-31)47-41(54)44(5,6)49-42(55)57-43(2,3)4/h7-12,14-17,19-22,26,29-30,32,36,38H,13,18,23-25,27-28H2,1-6H3,(H,47,54)(H,48,53)(H,49,55)/t30?,32?,36-,38?/m1/s1. The highest BCUT2D eigenvalue weighted by molar-refractivity contribution is 5.98. The summed E-state index contributed by atoms with van der Waals surface area (Å²) < 4.78 is 26.5. The van der Waals surface area contributed by atoms with Crippen LogP contribution in [0, 0.1) is 17.7 Å². The summed E-state index contributed by atoms with van der Waals surface area (Å²) in [6.07, 6.45) is 4.94. The molecule has 0 saturated carbocycles. The summed E-state index contributed by atoms with van der Waals surface area (Å²) in [5.41, 5.74) is 0.411. The van der Waals surface area contributed by atoms with Crippen LogP contribution in [0.15, 0.2) is 97.5 Å². The van der Waals surface area contributed by atoms with E-state index >= 15 is 0 Å². The first kappa shape index (κ1) is 42.6. The summed E-state index contributed by atoms with van der Waals surface area (Å²) in [5, 5.41) is 8.08. The molecule has 12 nitrogen and oxygen atoms in total. The van der Waals surface area contributed by atoms with E-state index in [1.54, 1.807) is 43.7 Å². The van der Waals surface area contributed by atoms with Crippen molar-refractivity contribution in [2.24, 2.45) is 11.8 Å². The number of imidazole rings is 1. The SMILES string of the molecule is CC(C(=O)C(c1ccccc1)n1cnc(NC(=O)[C@@H](COCc2ccccc2)NC(=O)C(C)(C)NC(=O)OC(C)(C)C)c1)C1CCCN(c2ccc(F)cc2)CC1. The summed E-state index contributed by atoms with van der Waals surface area (Å²) >= 11 is 0. The highest BCUT2D eigenvalue weighted by atomic mass is 19.1. The maximum absolute atomic E-state index is 14.5. The molecule has 0 radical (unpaired) electrons. The molecule has 1 aliphatic rings. The van der Waals surface area contributed by atoms with Crippen molar-refractivity contribution in [3.05, 3.63) is 114 Å². The number of halogens is 1. The van der Waals surface area contributed by atoms with E-state index in [4.69, 9.17) is 9.47 Å². The second-order valence-electron chi connectivity index (χ2n) is 16.1. The van der Waals surface area contributed by atoms with Crippen molar-refractivity contribution in [3.63, 3.8) is 0 Å². The number of rotatable bonds is 15. The minimum Gasteiger partial charge on any atom is -0.444 e. The van der Waals surface area contributed by atoms with Crippen LogP contribution in [0.3, 0.4) is 0 Å². The Hall–Kier alpha value is -5.56. The number of nitrogens with one attached hydrogen (secondary N) is 3. The molecule has 5 rings (SSSR count). The molecule has 1 fully saturated rings. The number of ketones is 1. The first-order valence-corrected chi connectivity index (χ1v) is 19.5. The van der Waals surface area contributed by atoms with Gasteiger partial charge in [0, 0.05) is 30.9 Å². The average molecular weight is 783 g/mol. The van der Waals surface area contributed by atoms with Crippen LogP contribution in [0.25, 0.3) is 0 Å². The van der Waals surface area contributed by atoms with Gasteiger partial charge in [-0.1, -0.05) is 67.6 Å². The molecule has 2 heterocycles. The number of Topliss-reactive ketones (excluding diaryl/α,β-unsaturated/α-hetero) is 1. The lowest BCUT2D eigenvalue weighted by Gasteiger charge is -2.29. The molecule has 304 valence electrons. The molecule has 3 N–H and O–H groups in total. The zero-order chi connectivity index (χ0) is 41.2. The van der Waals surface area contributed by atoms with Crippen LogP contribution in [0.2, 0.25) is 0 Å². The third-order valence-corrected chi connectivity index (χ3v) is 10.1. The van der Waals surface area contributed by atoms with Gasteiger partial charge in [0.2, 0.25) is 5.91 Å². The zero-order valence-electron chi connectivity index (χ0n) is 33.7. The minimum absolute atomic E-state index is 0.0240. The van der Waals surface area contributed by atoms with E-state index in [0.717, 1.165) is 49.2 Å². The number of amides is 3. The van der Waals surface area contributed by atoms with Crippen molar-refractivity contribution in [1.82, 2.24) is 20.2 Å². The quantitative estimate of drug-likeness (QED) is 0.116. The molecule has 13 heteroatoms. The van der Waals surface area contributed by atoms with Crippen LogP contribution in [0.4, 0.5) is 20.7 Å². The second kappa shape index (κ2) is 19.1. The number of carbonyl (C=O) groups is 4. The Balaban J connectivity index is 1.30. The Morgan fingerprint density at radius 3 is 2.23 bits per heavy atom. The van der Waals surface area contributed by atoms with E-state index in [1.807, 2.05) is 67.6 Å². The molecular formula is C44H55FN6O6. The first-order valence-electron chi connectivity index (χ1n) is 19.5. The number of hydrogen-bond donors (Lipinski definition) is 3. The lowest BCUT2D eigenvalue weighted by Crippen LogP contribution is -2.59. The van der Waals surface area contributed by atoms with Crippen molar-refractivity contribution in [2.75, 3.05) is 29.9 Å². The monoisotopic (exact) mass is 782 g/mol. The van der Waals surface area contributed by atoms with Gasteiger partial charge in [-0.2, -0.15) is 0 Å². The van der Waals surface area contributed by atoms with Gasteiger partial charge in [0.1, 0.15) is 29.0 Å². The molecule has 1 aromatic heterocycles. The van der Waals surface area contributed by atoms with Gasteiger partial charge in [-0.3, -0.25) is 14.4 Å². The van der Waals surface area contributed by atoms with Crippen LogP contribution in [0.1, 0.15) is 78.0 Å². The maximum Gasteiger partial charge on any atom is 0.408 e. The lowest BCUT2D eigenvalue weighted by molar-refractivity contribution is -0.131. The topological polar surface area (TPSA) is 144 Å². The predicted octanol–water partition coefficient (Wildman–Crippen LogP) is 7.07. The molecule has 4 atom stereocenters. The van der Waals surface area contributed by atoms with E-state index in [-0.39, 0.29) is 42.5 Å². The molecule has 0 aliphatic carbocycles. The van der Waals surface area contributed by atoms with Crippen molar-refractivity contribution < 1.29 is 33.0 Å². The molecule has 1 saturated heterocycles. The number of anilines is 2. The fourth-order valence-corrected chi connectivity index (χ4v) is 6.89. The van der Waals surface area contributed by atoms with E-state index in [9.17, 15) is 23.6 Å². The van der Waals surface area contributed by atoms with Gasteiger partial charge < -0.3 is 34.9 Å². The van der Waals surface area contributed by atoms with Gasteiger partial charge in [-0.05, 0) is 95.2 Å². The summed E-state index contributed by atoms with van der Waals surface area (Å²) in [6.45, 7) is 11.7. The maximum atomic E-state index is 14.5. The third kappa shape index (κ3) is 12.2. The number of benzene rings is 3. The molecule has 4 aromatic rings. The highest BCUT2D eigenvalue weighted by Gasteiger charge is 2.36. The van der Waals surface area contributed by atoms with Gasteiger partial charge in [0.05, 0.1) is 19.5 Å². The van der Waals surface area contributed by atoms with Gasteiger partial charge in [-0.15, -0.1) is 0 Å². The van der Waals surface area contributed by atoms with Gasteiger partial charge in [-0.25, -0.2) is 14.2 Å². The van der Waals surface area contributed by atoms with Crippen molar-refractivity contribution in [2.45, 2.75) is 90.6 Å². The van der Waals surface area contributed by atoms with Crippen molar-refractivity contribution in [3.8, 4) is 0 Å². The Morgan fingerprint density at radius 1 is 0.895 bits per heavy atom. The molecule has 3 amide bonds. The van der Waals surface area contributed by atoms with E-state index < -0.39 is 41.1 Å². The molecule has 1 aliphatic heterocycles. The molecule has 0 spiro atoms. The van der Waals surface area contributed by atoms with Gasteiger partial charge in [0.15, 0.2) is 11.6 Å². The predicted molar refractivity (Wildman–Crippen MR) is 217 cm³/mol. The first-order chi connectivity index (χ1) is 27.1. The zero-order valence-corrected chi connectivity index (χ0v) is 33.7. The number of hydrogen-bond acceptors (Lipinski definition) is 8. The van der Waals surface area contributed by atoms with Crippen LogP contribution in [-0.2, 0) is 30.5 Å². The van der Waals surface area contributed by atoms with Crippen molar-refractivity contribution >= 4 is 35.2 Å². The van der Waals surface area contributed by atoms with Gasteiger partial charge in [0.25, 0.3) is 5.91 Å². The lowest BCUT2D eigenvalue weighted by atomic mass is 9.81. The smallest absolute Gasteiger partial charge is 0.408 e. The second-order valence-corrected chi connectivity index (χ2v) is 16.1. The Labute approximate surface area is 334 Å². The van der Waals surface area contributed by atoms with Crippen LogP contribution < -0.4 is 20.9 Å². The van der Waals surface area contributed by atoms with E-state index in [2.05, 4.69) is 25.8 Å². The summed E-state index contributed by atoms with van der Waals surface area (Å²) in [5.74, 6) is -1.46. The molecule has 3 unspecified atom stereocenters. The highest BCUT2D eigenvalue weighted by Crippen LogP contribution is 2.33. The van der Waals surface area contributed by atoms with Crippen LogP contribution in [0.5, 0.6) is 0 Å². The minimum atomic E-state index is -1.45. The largest absolute Gasteiger partial charge is 0.444 e. The van der Waals surface area contributed by atoms with Crippen molar-refractivity contribution in [1.29, 1.82) is 0 Å². The Bertz CT molecular complexity index is 1950. The number of aromatic nitrogens is 2. The Morgan fingerprint density at radius 2 is 1.56 bits per heavy atom. The molecule has 3 aromatic carbocycles. The third-order valence-electron chi connectivity index (χ3n) is 10.1. The Kier molecular flexibility index (Phi) is 14.2. The van der Waals surface area contributed by atoms with Crippen LogP contribution in [-0.4, -0.2) is 70.1 Å². The number of carbonyl (C=O) groups excluding carboxylic acids is 4. The van der Waals surface area contributed by atoms with Gasteiger partial charge >= 0.3 is 6.09 Å². The fraction of sp³-hybridized carbons (Fsp3) is 0.432. The summed E-state index contributed by atoms with van der Waals surface area (Å²) in [6, 6.07) is 23.5. The number of nitrogens with zero attached hydrogens (tertiary/aromatic N) is 3. The average Bonchev–Trinajstić information content (AvgIpc) is 3.47. The molecule has 0 bridgehead atoms. The van der Waals surface area contributed by atoms with Crippen LogP contribution >= 0.6 is 0 Å². The number of ether oxygens (including phenoxy) is 2.